The van der Waals surface area contributed by atoms with Gasteiger partial charge in [0, 0.05) is 6.04 Å². The van der Waals surface area contributed by atoms with Crippen LogP contribution in [0.5, 0.6) is 5.75 Å². The largest absolute Gasteiger partial charge is 0.497 e. The molecular formula is C16H19NO4S. The van der Waals surface area contributed by atoms with Crippen LogP contribution >= 0.6 is 0 Å². The highest BCUT2D eigenvalue weighted by atomic mass is 32.2. The van der Waals surface area contributed by atoms with Gasteiger partial charge in [-0.05, 0) is 36.8 Å². The molecular weight excluding hydrogens is 302 g/mol. The van der Waals surface area contributed by atoms with Crippen molar-refractivity contribution < 1.29 is 18.3 Å². The Morgan fingerprint density at radius 3 is 2.18 bits per heavy atom. The van der Waals surface area contributed by atoms with Gasteiger partial charge in [0.05, 0.1) is 18.1 Å². The molecule has 118 valence electrons. The van der Waals surface area contributed by atoms with Gasteiger partial charge in [0.2, 0.25) is 10.0 Å². The average molecular weight is 321 g/mol. The van der Waals surface area contributed by atoms with Gasteiger partial charge in [0.25, 0.3) is 0 Å². The van der Waals surface area contributed by atoms with Crippen LogP contribution in [0.15, 0.2) is 59.5 Å². The van der Waals surface area contributed by atoms with Crippen molar-refractivity contribution in [1.82, 2.24) is 4.72 Å². The highest BCUT2D eigenvalue weighted by molar-refractivity contribution is 7.89. The lowest BCUT2D eigenvalue weighted by molar-refractivity contribution is 0.146. The van der Waals surface area contributed by atoms with E-state index in [0.717, 1.165) is 0 Å². The Bertz CT molecular complexity index is 699. The Morgan fingerprint density at radius 1 is 1.05 bits per heavy atom. The topological polar surface area (TPSA) is 75.6 Å². The average Bonchev–Trinajstić information content (AvgIpc) is 2.54. The number of rotatable bonds is 6. The molecule has 0 amide bonds. The zero-order valence-electron chi connectivity index (χ0n) is 12.4. The number of methoxy groups -OCH3 is 1. The van der Waals surface area contributed by atoms with Crippen molar-refractivity contribution in [2.75, 3.05) is 7.11 Å². The lowest BCUT2D eigenvalue weighted by atomic mass is 10.0. The molecule has 2 aromatic rings. The molecule has 5 nitrogen and oxygen atoms in total. The maximum absolute atomic E-state index is 12.3. The summed E-state index contributed by atoms with van der Waals surface area (Å²) >= 11 is 0. The van der Waals surface area contributed by atoms with Crippen molar-refractivity contribution in [3.8, 4) is 5.75 Å². The first-order valence-corrected chi connectivity index (χ1v) is 8.32. The van der Waals surface area contributed by atoms with E-state index in [1.54, 1.807) is 43.3 Å². The van der Waals surface area contributed by atoms with Crippen LogP contribution in [0, 0.1) is 0 Å². The first kappa shape index (κ1) is 16.5. The number of hydrogen-bond acceptors (Lipinski definition) is 4. The summed E-state index contributed by atoms with van der Waals surface area (Å²) in [5.41, 5.74) is 0.660. The summed E-state index contributed by atoms with van der Waals surface area (Å²) < 4.78 is 32.1. The van der Waals surface area contributed by atoms with E-state index in [9.17, 15) is 13.5 Å². The van der Waals surface area contributed by atoms with Gasteiger partial charge < -0.3 is 9.84 Å². The first-order valence-electron chi connectivity index (χ1n) is 6.83. The SMILES string of the molecule is COc1ccc(S(=O)(=O)N[C@@H](C)[C@@H](O)c2ccccc2)cc1. The van der Waals surface area contributed by atoms with E-state index in [1.165, 1.54) is 19.2 Å². The highest BCUT2D eigenvalue weighted by Gasteiger charge is 2.23. The molecule has 22 heavy (non-hydrogen) atoms. The molecule has 2 aromatic carbocycles. The van der Waals surface area contributed by atoms with Gasteiger partial charge >= 0.3 is 0 Å². The third kappa shape index (κ3) is 3.85. The molecule has 2 rings (SSSR count). The molecule has 0 heterocycles. The van der Waals surface area contributed by atoms with Crippen LogP contribution in [-0.4, -0.2) is 26.7 Å². The first-order chi connectivity index (χ1) is 10.4. The summed E-state index contributed by atoms with van der Waals surface area (Å²) in [7, 11) is -2.19. The van der Waals surface area contributed by atoms with E-state index in [0.29, 0.717) is 11.3 Å². The van der Waals surface area contributed by atoms with E-state index in [-0.39, 0.29) is 4.90 Å². The minimum atomic E-state index is -3.70. The number of aliphatic hydroxyl groups is 1. The molecule has 0 spiro atoms. The number of benzene rings is 2. The Balaban J connectivity index is 2.13. The number of nitrogens with one attached hydrogen (secondary N) is 1. The van der Waals surface area contributed by atoms with Crippen LogP contribution in [0.1, 0.15) is 18.6 Å². The third-order valence-electron chi connectivity index (χ3n) is 3.33. The van der Waals surface area contributed by atoms with Crippen molar-refractivity contribution in [3.63, 3.8) is 0 Å². The quantitative estimate of drug-likeness (QED) is 0.854. The van der Waals surface area contributed by atoms with Crippen molar-refractivity contribution in [2.45, 2.75) is 24.0 Å². The summed E-state index contributed by atoms with van der Waals surface area (Å²) in [6, 6.07) is 14.3. The Kier molecular flexibility index (Phi) is 5.18. The zero-order valence-corrected chi connectivity index (χ0v) is 13.2. The molecule has 0 aromatic heterocycles. The second-order valence-corrected chi connectivity index (χ2v) is 6.65. The molecule has 2 N–H and O–H groups in total. The molecule has 0 aliphatic carbocycles. The van der Waals surface area contributed by atoms with Gasteiger partial charge in [-0.15, -0.1) is 0 Å². The number of aliphatic hydroxyl groups excluding tert-OH is 1. The van der Waals surface area contributed by atoms with Crippen LogP contribution in [0.3, 0.4) is 0 Å². The predicted octanol–water partition coefficient (Wildman–Crippen LogP) is 2.10. The van der Waals surface area contributed by atoms with Crippen molar-refractivity contribution in [1.29, 1.82) is 0 Å². The summed E-state index contributed by atoms with van der Waals surface area (Å²) in [4.78, 5) is 0.125. The normalized spacial score (nSPS) is 14.3. The van der Waals surface area contributed by atoms with Crippen LogP contribution in [0.4, 0.5) is 0 Å². The van der Waals surface area contributed by atoms with Gasteiger partial charge in [-0.25, -0.2) is 13.1 Å². The van der Waals surface area contributed by atoms with E-state index in [2.05, 4.69) is 4.72 Å². The number of hydrogen-bond donors (Lipinski definition) is 2. The fraction of sp³-hybridized carbons (Fsp3) is 0.250. The van der Waals surface area contributed by atoms with Gasteiger partial charge in [0.15, 0.2) is 0 Å². The van der Waals surface area contributed by atoms with E-state index in [4.69, 9.17) is 4.74 Å². The van der Waals surface area contributed by atoms with Crippen molar-refractivity contribution >= 4 is 10.0 Å². The second kappa shape index (κ2) is 6.91. The van der Waals surface area contributed by atoms with Crippen LogP contribution < -0.4 is 9.46 Å². The lowest BCUT2D eigenvalue weighted by Gasteiger charge is -2.20. The van der Waals surface area contributed by atoms with Gasteiger partial charge in [-0.2, -0.15) is 0 Å². The van der Waals surface area contributed by atoms with E-state index >= 15 is 0 Å². The summed E-state index contributed by atoms with van der Waals surface area (Å²) in [5, 5.41) is 10.2. The molecule has 0 unspecified atom stereocenters. The molecule has 0 radical (unpaired) electrons. The predicted molar refractivity (Wildman–Crippen MR) is 84.2 cm³/mol. The summed E-state index contributed by atoms with van der Waals surface area (Å²) in [6.07, 6.45) is -0.922. The number of ether oxygens (including phenoxy) is 1. The van der Waals surface area contributed by atoms with Crippen molar-refractivity contribution in [2.24, 2.45) is 0 Å². The zero-order chi connectivity index (χ0) is 16.2. The highest BCUT2D eigenvalue weighted by Crippen LogP contribution is 2.20. The van der Waals surface area contributed by atoms with Crippen LogP contribution in [-0.2, 0) is 10.0 Å². The smallest absolute Gasteiger partial charge is 0.240 e. The third-order valence-corrected chi connectivity index (χ3v) is 4.90. The maximum atomic E-state index is 12.3. The molecule has 0 bridgehead atoms. The van der Waals surface area contributed by atoms with E-state index in [1.807, 2.05) is 6.07 Å². The molecule has 0 fully saturated rings. The standard InChI is InChI=1S/C16H19NO4S/c1-12(16(18)13-6-4-3-5-7-13)17-22(19,20)15-10-8-14(21-2)9-11-15/h3-12,16-18H,1-2H3/t12-,16+/m0/s1. The van der Waals surface area contributed by atoms with Gasteiger partial charge in [-0.1, -0.05) is 30.3 Å². The minimum absolute atomic E-state index is 0.125. The lowest BCUT2D eigenvalue weighted by Crippen LogP contribution is -2.37. The van der Waals surface area contributed by atoms with Gasteiger partial charge in [-0.3, -0.25) is 0 Å². The fourth-order valence-electron chi connectivity index (χ4n) is 2.07. The van der Waals surface area contributed by atoms with Crippen LogP contribution in [0.2, 0.25) is 0 Å². The molecule has 0 aliphatic heterocycles. The van der Waals surface area contributed by atoms with Crippen LogP contribution in [0.25, 0.3) is 0 Å². The number of sulfonamides is 1. The summed E-state index contributed by atoms with van der Waals surface area (Å²) in [5.74, 6) is 0.580. The molecule has 2 atom stereocenters. The minimum Gasteiger partial charge on any atom is -0.497 e. The fourth-order valence-corrected chi connectivity index (χ4v) is 3.32. The Labute approximate surface area is 130 Å². The van der Waals surface area contributed by atoms with Crippen molar-refractivity contribution in [3.05, 3.63) is 60.2 Å². The van der Waals surface area contributed by atoms with Gasteiger partial charge in [0.1, 0.15) is 5.75 Å². The summed E-state index contributed by atoms with van der Waals surface area (Å²) in [6.45, 7) is 1.62. The Morgan fingerprint density at radius 2 is 1.64 bits per heavy atom. The monoisotopic (exact) mass is 321 g/mol. The molecule has 0 saturated carbocycles. The molecule has 0 aliphatic rings. The molecule has 6 heteroatoms. The maximum Gasteiger partial charge on any atom is 0.240 e. The Hall–Kier alpha value is -1.89. The second-order valence-electron chi connectivity index (χ2n) is 4.94. The molecule has 0 saturated heterocycles. The van der Waals surface area contributed by atoms with E-state index < -0.39 is 22.2 Å².